The third-order valence-electron chi connectivity index (χ3n) is 5.29. The zero-order valence-electron chi connectivity index (χ0n) is 19.1. The molecule has 2 aromatic rings. The molecule has 170 valence electrons. The Morgan fingerprint density at radius 2 is 1.94 bits per heavy atom. The Morgan fingerprint density at radius 3 is 2.58 bits per heavy atom. The number of thiocarbonyl (C=S) groups is 1. The highest BCUT2D eigenvalue weighted by molar-refractivity contribution is 7.80. The van der Waals surface area contributed by atoms with Crippen LogP contribution in [-0.4, -0.2) is 41.0 Å². The van der Waals surface area contributed by atoms with Gasteiger partial charge in [0.05, 0.1) is 18.2 Å². The molecule has 0 unspecified atom stereocenters. The van der Waals surface area contributed by atoms with Crippen LogP contribution in [0.15, 0.2) is 54.8 Å². The molecule has 0 spiro atoms. The Labute approximate surface area is 200 Å². The number of amides is 1. The highest BCUT2D eigenvalue weighted by Gasteiger charge is 2.34. The summed E-state index contributed by atoms with van der Waals surface area (Å²) in [6, 6.07) is 13.3. The van der Waals surface area contributed by atoms with E-state index in [1.54, 1.807) is 29.0 Å². The van der Waals surface area contributed by atoms with Crippen molar-refractivity contribution in [3.8, 4) is 17.6 Å². The van der Waals surface area contributed by atoms with Gasteiger partial charge in [-0.15, -0.1) is 6.58 Å². The third-order valence-corrected chi connectivity index (χ3v) is 5.79. The maximum atomic E-state index is 12.8. The number of benzene rings is 2. The van der Waals surface area contributed by atoms with Gasteiger partial charge in [-0.3, -0.25) is 9.69 Å². The fraction of sp³-hybridized carbons (Fsp3) is 0.269. The smallest absolute Gasteiger partial charge is 0.276 e. The number of carbonyl (C=O) groups excluding carboxylic acids is 1. The maximum Gasteiger partial charge on any atom is 0.276 e. The van der Waals surface area contributed by atoms with Crippen LogP contribution in [0.2, 0.25) is 0 Å². The maximum absolute atomic E-state index is 12.8. The van der Waals surface area contributed by atoms with Gasteiger partial charge in [-0.05, 0) is 62.3 Å². The molecule has 3 rings (SSSR count). The molecule has 1 saturated heterocycles. The minimum absolute atomic E-state index is 0.123. The summed E-state index contributed by atoms with van der Waals surface area (Å²) in [7, 11) is 1.79. The lowest BCUT2D eigenvalue weighted by Crippen LogP contribution is -2.30. The van der Waals surface area contributed by atoms with Crippen molar-refractivity contribution in [2.75, 3.05) is 20.2 Å². The molecule has 0 atom stereocenters. The molecule has 1 amide bonds. The van der Waals surface area contributed by atoms with Gasteiger partial charge in [0.25, 0.3) is 5.91 Å². The van der Waals surface area contributed by atoms with Gasteiger partial charge in [0.1, 0.15) is 12.3 Å². The van der Waals surface area contributed by atoms with Gasteiger partial charge in [0.2, 0.25) is 0 Å². The molecule has 0 bridgehead atoms. The Kier molecular flexibility index (Phi) is 7.86. The Morgan fingerprint density at radius 1 is 1.18 bits per heavy atom. The van der Waals surface area contributed by atoms with Crippen LogP contribution >= 0.6 is 12.2 Å². The minimum Gasteiger partial charge on any atom is -0.490 e. The number of nitriles is 1. The third kappa shape index (κ3) is 5.07. The second-order valence-electron chi connectivity index (χ2n) is 7.41. The predicted octanol–water partition coefficient (Wildman–Crippen LogP) is 4.68. The molecule has 0 aliphatic carbocycles. The normalized spacial score (nSPS) is 14.5. The lowest BCUT2D eigenvalue weighted by molar-refractivity contribution is -0.122. The molecule has 6 nitrogen and oxygen atoms in total. The number of ether oxygens (including phenoxy) is 2. The molecule has 0 saturated carbocycles. The van der Waals surface area contributed by atoms with E-state index in [0.29, 0.717) is 47.4 Å². The zero-order valence-corrected chi connectivity index (χ0v) is 19.9. The number of allylic oxidation sites excluding steroid dienone is 1. The monoisotopic (exact) mass is 461 g/mol. The van der Waals surface area contributed by atoms with E-state index in [1.807, 2.05) is 50.3 Å². The van der Waals surface area contributed by atoms with E-state index in [9.17, 15) is 10.1 Å². The van der Waals surface area contributed by atoms with Crippen molar-refractivity contribution >= 4 is 29.3 Å². The van der Waals surface area contributed by atoms with E-state index < -0.39 is 0 Å². The van der Waals surface area contributed by atoms with Gasteiger partial charge < -0.3 is 14.4 Å². The molecule has 1 aliphatic heterocycles. The average molecular weight is 462 g/mol. The molecule has 2 aromatic carbocycles. The van der Waals surface area contributed by atoms with Crippen LogP contribution in [0, 0.1) is 11.3 Å². The quantitative estimate of drug-likeness (QED) is 0.307. The summed E-state index contributed by atoms with van der Waals surface area (Å²) in [5.41, 5.74) is 3.55. The second kappa shape index (κ2) is 10.8. The Bertz CT molecular complexity index is 1150. The Hall–Kier alpha value is -3.63. The van der Waals surface area contributed by atoms with Crippen LogP contribution in [0.5, 0.6) is 11.5 Å². The summed E-state index contributed by atoms with van der Waals surface area (Å²) < 4.78 is 12.1. The molecule has 33 heavy (non-hydrogen) atoms. The number of rotatable bonds is 9. The lowest BCUT2D eigenvalue weighted by Gasteiger charge is -2.18. The minimum atomic E-state index is -0.123. The van der Waals surface area contributed by atoms with Crippen molar-refractivity contribution in [2.45, 2.75) is 26.9 Å². The van der Waals surface area contributed by atoms with E-state index >= 15 is 0 Å². The van der Waals surface area contributed by atoms with Crippen molar-refractivity contribution < 1.29 is 14.3 Å². The lowest BCUT2D eigenvalue weighted by atomic mass is 10.0. The first-order valence-corrected chi connectivity index (χ1v) is 11.2. The molecule has 0 N–H and O–H groups in total. The van der Waals surface area contributed by atoms with Crippen LogP contribution in [0.25, 0.3) is 6.08 Å². The average Bonchev–Trinajstić information content (AvgIpc) is 3.01. The van der Waals surface area contributed by atoms with Gasteiger partial charge in [-0.1, -0.05) is 24.3 Å². The molecule has 1 fully saturated rings. The number of nitrogens with zero attached hydrogens (tertiary/aromatic N) is 3. The summed E-state index contributed by atoms with van der Waals surface area (Å²) in [5, 5.41) is 9.86. The summed E-state index contributed by atoms with van der Waals surface area (Å²) in [6.45, 7) is 8.86. The van der Waals surface area contributed by atoms with Crippen LogP contribution < -0.4 is 9.47 Å². The van der Waals surface area contributed by atoms with Crippen molar-refractivity contribution in [2.24, 2.45) is 0 Å². The van der Waals surface area contributed by atoms with Crippen molar-refractivity contribution in [3.05, 3.63) is 77.0 Å². The molecule has 0 aromatic heterocycles. The first-order valence-electron chi connectivity index (χ1n) is 10.8. The van der Waals surface area contributed by atoms with Crippen LogP contribution in [0.1, 0.15) is 36.1 Å². The van der Waals surface area contributed by atoms with Gasteiger partial charge in [-0.2, -0.15) is 5.26 Å². The van der Waals surface area contributed by atoms with Gasteiger partial charge >= 0.3 is 0 Å². The second-order valence-corrected chi connectivity index (χ2v) is 7.78. The number of hydrogen-bond acceptors (Lipinski definition) is 5. The number of likely N-dealkylation sites (N-methyl/N-ethyl adjacent to an activating group) is 2. The van der Waals surface area contributed by atoms with Crippen LogP contribution in [-0.2, 0) is 17.8 Å². The van der Waals surface area contributed by atoms with Crippen LogP contribution in [0.4, 0.5) is 0 Å². The van der Waals surface area contributed by atoms with Crippen molar-refractivity contribution in [3.63, 3.8) is 0 Å². The Balaban J connectivity index is 2.02. The largest absolute Gasteiger partial charge is 0.490 e. The summed E-state index contributed by atoms with van der Waals surface area (Å²) in [4.78, 5) is 16.1. The van der Waals surface area contributed by atoms with E-state index in [2.05, 4.69) is 12.6 Å². The first kappa shape index (κ1) is 24.0. The summed E-state index contributed by atoms with van der Waals surface area (Å²) >= 11 is 5.40. The van der Waals surface area contributed by atoms with Crippen molar-refractivity contribution in [1.82, 2.24) is 9.80 Å². The summed E-state index contributed by atoms with van der Waals surface area (Å²) in [5.74, 6) is 1.05. The molecule has 7 heteroatoms. The summed E-state index contributed by atoms with van der Waals surface area (Å²) in [6.07, 6.45) is 4.16. The molecule has 1 heterocycles. The van der Waals surface area contributed by atoms with Crippen LogP contribution in [0.3, 0.4) is 0 Å². The standard InChI is InChI=1S/C26H27N3O3S/c1-5-10-19-13-18(14-22-25(30)29(6-2)26(33)28(22)4)15-23(31-7-3)24(19)32-17-21-12-9-8-11-20(21)16-27/h5,8-9,11-15H,1,6-7,10,17H2,2-4H3. The highest BCUT2D eigenvalue weighted by Crippen LogP contribution is 2.36. The van der Waals surface area contributed by atoms with E-state index in [-0.39, 0.29) is 12.5 Å². The van der Waals surface area contributed by atoms with E-state index in [1.165, 1.54) is 0 Å². The molecular formula is C26H27N3O3S. The van der Waals surface area contributed by atoms with Gasteiger partial charge in [0.15, 0.2) is 16.6 Å². The fourth-order valence-corrected chi connectivity index (χ4v) is 3.96. The first-order chi connectivity index (χ1) is 15.9. The van der Waals surface area contributed by atoms with Gasteiger partial charge in [0, 0.05) is 24.7 Å². The van der Waals surface area contributed by atoms with Crippen molar-refractivity contribution in [1.29, 1.82) is 5.26 Å². The number of hydrogen-bond donors (Lipinski definition) is 0. The topological polar surface area (TPSA) is 65.8 Å². The van der Waals surface area contributed by atoms with E-state index in [0.717, 1.165) is 16.7 Å². The van der Waals surface area contributed by atoms with Gasteiger partial charge in [-0.25, -0.2) is 0 Å². The zero-order chi connectivity index (χ0) is 24.0. The highest BCUT2D eigenvalue weighted by atomic mass is 32.1. The number of carbonyl (C=O) groups is 1. The SMILES string of the molecule is C=CCc1cc(C=C2C(=O)N(CC)C(=S)N2C)cc(OCC)c1OCc1ccccc1C#N. The fourth-order valence-electron chi connectivity index (χ4n) is 3.65. The predicted molar refractivity (Wildman–Crippen MR) is 133 cm³/mol. The molecule has 1 aliphatic rings. The molecular weight excluding hydrogens is 434 g/mol. The van der Waals surface area contributed by atoms with E-state index in [4.69, 9.17) is 21.7 Å². The molecule has 0 radical (unpaired) electrons.